The summed E-state index contributed by atoms with van der Waals surface area (Å²) < 4.78 is 15.7. The lowest BCUT2D eigenvalue weighted by Gasteiger charge is -2.35. The molecular formula is C28H25FN4O3. The molecule has 0 aliphatic carbocycles. The van der Waals surface area contributed by atoms with Gasteiger partial charge in [0.25, 0.3) is 0 Å². The number of aromatic nitrogens is 2. The van der Waals surface area contributed by atoms with Gasteiger partial charge < -0.3 is 14.9 Å². The van der Waals surface area contributed by atoms with E-state index in [1.165, 1.54) is 18.2 Å². The largest absolute Gasteiger partial charge is 0.478 e. The van der Waals surface area contributed by atoms with Gasteiger partial charge in [-0.2, -0.15) is 5.10 Å². The molecule has 0 unspecified atom stereocenters. The van der Waals surface area contributed by atoms with Crippen LogP contribution >= 0.6 is 0 Å². The number of carboxylic acid groups (broad SMARTS) is 1. The van der Waals surface area contributed by atoms with Crippen LogP contribution in [0.4, 0.5) is 10.2 Å². The third-order valence-corrected chi connectivity index (χ3v) is 6.44. The minimum absolute atomic E-state index is 0.0850. The van der Waals surface area contributed by atoms with Crippen LogP contribution in [0.3, 0.4) is 0 Å². The zero-order chi connectivity index (χ0) is 25.2. The third kappa shape index (κ3) is 4.57. The van der Waals surface area contributed by atoms with E-state index < -0.39 is 5.97 Å². The lowest BCUT2D eigenvalue weighted by Crippen LogP contribution is -2.49. The predicted octanol–water partition coefficient (Wildman–Crippen LogP) is 4.42. The van der Waals surface area contributed by atoms with Crippen molar-refractivity contribution in [3.8, 4) is 11.1 Å². The first-order valence-corrected chi connectivity index (χ1v) is 11.7. The topological polar surface area (TPSA) is 78.7 Å². The van der Waals surface area contributed by atoms with Crippen molar-refractivity contribution in [2.45, 2.75) is 6.54 Å². The van der Waals surface area contributed by atoms with Gasteiger partial charge in [-0.3, -0.25) is 4.79 Å². The maximum absolute atomic E-state index is 13.8. The van der Waals surface area contributed by atoms with Crippen molar-refractivity contribution in [3.63, 3.8) is 0 Å². The van der Waals surface area contributed by atoms with Gasteiger partial charge in [0.15, 0.2) is 0 Å². The molecule has 1 amide bonds. The molecule has 4 aromatic rings. The number of carboxylic acids is 1. The van der Waals surface area contributed by atoms with Gasteiger partial charge in [-0.25, -0.2) is 13.9 Å². The molecule has 7 nitrogen and oxygen atoms in total. The van der Waals surface area contributed by atoms with Crippen molar-refractivity contribution in [1.29, 1.82) is 0 Å². The first kappa shape index (κ1) is 23.3. The molecule has 0 radical (unpaired) electrons. The fraction of sp³-hybridized carbons (Fsp3) is 0.179. The number of hydrogen-bond donors (Lipinski definition) is 1. The summed E-state index contributed by atoms with van der Waals surface area (Å²) in [7, 11) is 0. The highest BCUT2D eigenvalue weighted by Crippen LogP contribution is 2.32. The van der Waals surface area contributed by atoms with E-state index in [1.807, 2.05) is 35.0 Å². The van der Waals surface area contributed by atoms with Gasteiger partial charge in [0.05, 0.1) is 17.6 Å². The van der Waals surface area contributed by atoms with E-state index in [0.29, 0.717) is 32.7 Å². The van der Waals surface area contributed by atoms with Gasteiger partial charge in [-0.15, -0.1) is 0 Å². The average Bonchev–Trinajstić information content (AvgIpc) is 3.25. The molecule has 1 aromatic heterocycles. The Morgan fingerprint density at radius 3 is 2.44 bits per heavy atom. The number of hydrogen-bond acceptors (Lipinski definition) is 4. The molecule has 1 saturated heterocycles. The van der Waals surface area contributed by atoms with Gasteiger partial charge in [0.2, 0.25) is 5.91 Å². The minimum atomic E-state index is -0.981. The summed E-state index contributed by atoms with van der Waals surface area (Å²) in [6.07, 6.45) is 1.33. The van der Waals surface area contributed by atoms with E-state index in [9.17, 15) is 19.1 Å². The SMILES string of the molecule is C=CC(=O)N1CCN(c2c3ccc(-c4cccc(F)c4)cc3nn2Cc2cccc(C(=O)O)c2)CC1. The molecule has 0 spiro atoms. The maximum Gasteiger partial charge on any atom is 0.335 e. The quantitative estimate of drug-likeness (QED) is 0.410. The van der Waals surface area contributed by atoms with Crippen molar-refractivity contribution < 1.29 is 19.1 Å². The molecule has 2 heterocycles. The second kappa shape index (κ2) is 9.65. The Kier molecular flexibility index (Phi) is 6.25. The van der Waals surface area contributed by atoms with E-state index in [2.05, 4.69) is 11.5 Å². The molecule has 182 valence electrons. The number of rotatable bonds is 6. The number of fused-ring (bicyclic) bond motifs is 1. The van der Waals surface area contributed by atoms with Crippen LogP contribution < -0.4 is 4.90 Å². The van der Waals surface area contributed by atoms with E-state index in [0.717, 1.165) is 33.4 Å². The van der Waals surface area contributed by atoms with Crippen molar-refractivity contribution in [2.24, 2.45) is 0 Å². The van der Waals surface area contributed by atoms with Crippen LogP contribution in [0.5, 0.6) is 0 Å². The third-order valence-electron chi connectivity index (χ3n) is 6.44. The molecule has 1 N–H and O–H groups in total. The van der Waals surface area contributed by atoms with E-state index >= 15 is 0 Å². The van der Waals surface area contributed by atoms with E-state index in [4.69, 9.17) is 5.10 Å². The number of piperazine rings is 1. The molecule has 1 fully saturated rings. The molecule has 8 heteroatoms. The second-order valence-corrected chi connectivity index (χ2v) is 8.75. The number of aromatic carboxylic acids is 1. The average molecular weight is 485 g/mol. The minimum Gasteiger partial charge on any atom is -0.478 e. The molecule has 0 bridgehead atoms. The highest BCUT2D eigenvalue weighted by atomic mass is 19.1. The predicted molar refractivity (Wildman–Crippen MR) is 137 cm³/mol. The van der Waals surface area contributed by atoms with Crippen LogP contribution in [-0.4, -0.2) is 57.8 Å². The number of halogens is 1. The van der Waals surface area contributed by atoms with E-state index in [-0.39, 0.29) is 17.3 Å². The lowest BCUT2D eigenvalue weighted by atomic mass is 10.0. The Morgan fingerprint density at radius 2 is 1.72 bits per heavy atom. The van der Waals surface area contributed by atoms with E-state index in [1.54, 1.807) is 29.2 Å². The first-order valence-electron chi connectivity index (χ1n) is 11.7. The summed E-state index contributed by atoms with van der Waals surface area (Å²) >= 11 is 0. The molecule has 3 aromatic carbocycles. The molecular weight excluding hydrogens is 459 g/mol. The van der Waals surface area contributed by atoms with Crippen molar-refractivity contribution >= 4 is 28.6 Å². The highest BCUT2D eigenvalue weighted by Gasteiger charge is 2.25. The summed E-state index contributed by atoms with van der Waals surface area (Å²) in [5, 5.41) is 15.2. The Balaban J connectivity index is 1.55. The van der Waals surface area contributed by atoms with Gasteiger partial charge in [-0.1, -0.05) is 36.9 Å². The maximum atomic E-state index is 13.8. The molecule has 0 atom stereocenters. The Labute approximate surface area is 207 Å². The number of amides is 1. The molecule has 1 aliphatic heterocycles. The van der Waals surface area contributed by atoms with Gasteiger partial charge in [-0.05, 0) is 59.2 Å². The smallest absolute Gasteiger partial charge is 0.335 e. The lowest BCUT2D eigenvalue weighted by molar-refractivity contribution is -0.126. The fourth-order valence-corrected chi connectivity index (χ4v) is 4.65. The van der Waals surface area contributed by atoms with Crippen LogP contribution in [0.15, 0.2) is 79.4 Å². The summed E-state index contributed by atoms with van der Waals surface area (Å²) in [6.45, 7) is 6.34. The standard InChI is InChI=1S/C28H25FN4O3/c1-2-26(34)31-11-13-32(14-12-31)27-24-10-9-21(20-6-4-8-23(29)16-20)17-25(24)30-33(27)18-19-5-3-7-22(15-19)28(35)36/h2-10,15-17H,1,11-14,18H2,(H,35,36). The number of anilines is 1. The van der Waals surface area contributed by atoms with Gasteiger partial charge >= 0.3 is 5.97 Å². The normalized spacial score (nSPS) is 13.7. The Bertz CT molecular complexity index is 1470. The summed E-state index contributed by atoms with van der Waals surface area (Å²) in [5.41, 5.74) is 3.41. The number of benzene rings is 3. The van der Waals surface area contributed by atoms with Crippen molar-refractivity contribution in [1.82, 2.24) is 14.7 Å². The number of carbonyl (C=O) groups excluding carboxylic acids is 1. The molecule has 5 rings (SSSR count). The van der Waals surface area contributed by atoms with Crippen LogP contribution in [0.1, 0.15) is 15.9 Å². The summed E-state index contributed by atoms with van der Waals surface area (Å²) in [6, 6.07) is 19.1. The van der Waals surface area contributed by atoms with Crippen LogP contribution in [0.25, 0.3) is 22.0 Å². The molecule has 0 saturated carbocycles. The second-order valence-electron chi connectivity index (χ2n) is 8.75. The zero-order valence-electron chi connectivity index (χ0n) is 19.6. The summed E-state index contributed by atoms with van der Waals surface area (Å²) in [5.74, 6) is -0.463. The van der Waals surface area contributed by atoms with Gasteiger partial charge in [0, 0.05) is 31.6 Å². The Morgan fingerprint density at radius 1 is 0.972 bits per heavy atom. The Hall–Kier alpha value is -4.46. The monoisotopic (exact) mass is 484 g/mol. The van der Waals surface area contributed by atoms with Crippen LogP contribution in [0.2, 0.25) is 0 Å². The van der Waals surface area contributed by atoms with Crippen LogP contribution in [-0.2, 0) is 11.3 Å². The molecule has 1 aliphatic rings. The number of nitrogens with zero attached hydrogens (tertiary/aromatic N) is 4. The highest BCUT2D eigenvalue weighted by molar-refractivity contribution is 5.94. The zero-order valence-corrected chi connectivity index (χ0v) is 19.6. The fourth-order valence-electron chi connectivity index (χ4n) is 4.65. The first-order chi connectivity index (χ1) is 17.4. The van der Waals surface area contributed by atoms with Gasteiger partial charge in [0.1, 0.15) is 11.6 Å². The number of carbonyl (C=O) groups is 2. The van der Waals surface area contributed by atoms with Crippen molar-refractivity contribution in [3.05, 3.63) is 96.3 Å². The molecule has 36 heavy (non-hydrogen) atoms. The van der Waals surface area contributed by atoms with Crippen LogP contribution in [0, 0.1) is 5.82 Å². The summed E-state index contributed by atoms with van der Waals surface area (Å²) in [4.78, 5) is 27.5. The van der Waals surface area contributed by atoms with Crippen molar-refractivity contribution in [2.75, 3.05) is 31.1 Å².